The molecule has 1 atom stereocenters. The molecule has 1 heterocycles. The highest BCUT2D eigenvalue weighted by molar-refractivity contribution is 6.31. The molecule has 0 amide bonds. The van der Waals surface area contributed by atoms with E-state index in [9.17, 15) is 0 Å². The van der Waals surface area contributed by atoms with Crippen LogP contribution in [-0.4, -0.2) is 11.6 Å². The molecule has 3 rings (SSSR count). The Balaban J connectivity index is 1.66. The van der Waals surface area contributed by atoms with Gasteiger partial charge in [0.05, 0.1) is 6.61 Å². The van der Waals surface area contributed by atoms with E-state index in [2.05, 4.69) is 18.0 Å². The minimum atomic E-state index is 0.358. The number of rotatable bonds is 5. The van der Waals surface area contributed by atoms with E-state index in [1.807, 2.05) is 48.5 Å². The highest BCUT2D eigenvalue weighted by Gasteiger charge is 2.10. The van der Waals surface area contributed by atoms with Gasteiger partial charge in [0, 0.05) is 16.6 Å². The van der Waals surface area contributed by atoms with Gasteiger partial charge in [0.2, 0.25) is 0 Å². The average Bonchev–Trinajstić information content (AvgIpc) is 2.55. The number of aromatic nitrogens is 1. The standard InChI is InChI=1S/C19H18ClNO/c1-14(16-8-2-3-9-17(16)20)11-13-22-18-10-4-6-15-7-5-12-21-19(15)18/h2-10,12,14H,11,13H2,1H3. The number of hydrogen-bond acceptors (Lipinski definition) is 2. The van der Waals surface area contributed by atoms with E-state index in [0.717, 1.165) is 28.1 Å². The maximum absolute atomic E-state index is 6.24. The van der Waals surface area contributed by atoms with Crippen molar-refractivity contribution in [3.8, 4) is 5.75 Å². The molecule has 0 radical (unpaired) electrons. The zero-order chi connectivity index (χ0) is 15.4. The van der Waals surface area contributed by atoms with Gasteiger partial charge >= 0.3 is 0 Å². The van der Waals surface area contributed by atoms with E-state index in [4.69, 9.17) is 16.3 Å². The summed E-state index contributed by atoms with van der Waals surface area (Å²) < 4.78 is 5.95. The van der Waals surface area contributed by atoms with Crippen LogP contribution in [0.4, 0.5) is 0 Å². The second kappa shape index (κ2) is 6.80. The zero-order valence-electron chi connectivity index (χ0n) is 12.5. The van der Waals surface area contributed by atoms with E-state index in [-0.39, 0.29) is 0 Å². The molecule has 0 aliphatic heterocycles. The van der Waals surface area contributed by atoms with Crippen LogP contribution in [0.25, 0.3) is 10.9 Å². The first kappa shape index (κ1) is 14.9. The quantitative estimate of drug-likeness (QED) is 0.624. The summed E-state index contributed by atoms with van der Waals surface area (Å²) in [6.45, 7) is 2.81. The summed E-state index contributed by atoms with van der Waals surface area (Å²) in [6.07, 6.45) is 2.70. The first-order valence-corrected chi connectivity index (χ1v) is 7.84. The molecular formula is C19H18ClNO. The molecule has 0 spiro atoms. The Bertz CT molecular complexity index is 767. The molecule has 3 aromatic rings. The maximum Gasteiger partial charge on any atom is 0.145 e. The first-order valence-electron chi connectivity index (χ1n) is 7.46. The molecule has 0 bridgehead atoms. The fourth-order valence-corrected chi connectivity index (χ4v) is 2.89. The first-order chi connectivity index (χ1) is 10.8. The van der Waals surface area contributed by atoms with Gasteiger partial charge in [-0.2, -0.15) is 0 Å². The summed E-state index contributed by atoms with van der Waals surface area (Å²) in [4.78, 5) is 4.41. The summed E-state index contributed by atoms with van der Waals surface area (Å²) >= 11 is 6.24. The van der Waals surface area contributed by atoms with Gasteiger partial charge in [-0.3, -0.25) is 4.98 Å². The van der Waals surface area contributed by atoms with E-state index in [0.29, 0.717) is 12.5 Å². The number of halogens is 1. The predicted octanol–water partition coefficient (Wildman–Crippen LogP) is 5.46. The third-order valence-corrected chi connectivity index (χ3v) is 4.18. The molecule has 1 aromatic heterocycles. The van der Waals surface area contributed by atoms with E-state index in [1.165, 1.54) is 5.56 Å². The highest BCUT2D eigenvalue weighted by Crippen LogP contribution is 2.28. The van der Waals surface area contributed by atoms with E-state index >= 15 is 0 Å². The molecule has 1 unspecified atom stereocenters. The van der Waals surface area contributed by atoms with Crippen LogP contribution >= 0.6 is 11.6 Å². The molecule has 0 N–H and O–H groups in total. The van der Waals surface area contributed by atoms with Gasteiger partial charge in [-0.15, -0.1) is 0 Å². The lowest BCUT2D eigenvalue weighted by Gasteiger charge is -2.14. The third-order valence-electron chi connectivity index (χ3n) is 3.84. The van der Waals surface area contributed by atoms with Crippen molar-refractivity contribution in [2.45, 2.75) is 19.3 Å². The molecule has 0 aliphatic rings. The number of para-hydroxylation sites is 1. The lowest BCUT2D eigenvalue weighted by atomic mass is 9.98. The second-order valence-corrected chi connectivity index (χ2v) is 5.80. The van der Waals surface area contributed by atoms with Gasteiger partial charge in [-0.05, 0) is 36.1 Å². The summed E-state index contributed by atoms with van der Waals surface area (Å²) in [6, 6.07) is 18.0. The van der Waals surface area contributed by atoms with Crippen LogP contribution in [0, 0.1) is 0 Å². The maximum atomic E-state index is 6.24. The molecular weight excluding hydrogens is 294 g/mol. The van der Waals surface area contributed by atoms with Crippen molar-refractivity contribution in [1.82, 2.24) is 4.98 Å². The van der Waals surface area contributed by atoms with Crippen LogP contribution in [0.3, 0.4) is 0 Å². The number of nitrogens with zero attached hydrogens (tertiary/aromatic N) is 1. The summed E-state index contributed by atoms with van der Waals surface area (Å²) in [5, 5.41) is 1.92. The van der Waals surface area contributed by atoms with E-state index < -0.39 is 0 Å². The Morgan fingerprint density at radius 2 is 1.86 bits per heavy atom. The molecule has 0 saturated carbocycles. The van der Waals surface area contributed by atoms with Gasteiger partial charge in [0.1, 0.15) is 11.3 Å². The smallest absolute Gasteiger partial charge is 0.145 e. The van der Waals surface area contributed by atoms with Crippen LogP contribution in [0.1, 0.15) is 24.8 Å². The molecule has 0 saturated heterocycles. The summed E-state index contributed by atoms with van der Waals surface area (Å²) in [5.41, 5.74) is 2.08. The van der Waals surface area contributed by atoms with Gasteiger partial charge in [-0.1, -0.05) is 54.9 Å². The molecule has 112 valence electrons. The predicted molar refractivity (Wildman–Crippen MR) is 91.7 cm³/mol. The number of hydrogen-bond donors (Lipinski definition) is 0. The molecule has 0 fully saturated rings. The SMILES string of the molecule is CC(CCOc1cccc2cccnc12)c1ccccc1Cl. The highest BCUT2D eigenvalue weighted by atomic mass is 35.5. The molecule has 2 nitrogen and oxygen atoms in total. The lowest BCUT2D eigenvalue weighted by Crippen LogP contribution is -2.04. The Hall–Kier alpha value is -2.06. The fraction of sp³-hybridized carbons (Fsp3) is 0.211. The van der Waals surface area contributed by atoms with Gasteiger partial charge in [0.25, 0.3) is 0 Å². The topological polar surface area (TPSA) is 22.1 Å². The van der Waals surface area contributed by atoms with Gasteiger partial charge < -0.3 is 4.74 Å². The molecule has 3 heteroatoms. The number of fused-ring (bicyclic) bond motifs is 1. The monoisotopic (exact) mass is 311 g/mol. The van der Waals surface area contributed by atoms with Crippen molar-refractivity contribution in [2.24, 2.45) is 0 Å². The van der Waals surface area contributed by atoms with Crippen molar-refractivity contribution in [3.05, 3.63) is 71.4 Å². The molecule has 22 heavy (non-hydrogen) atoms. The normalized spacial score (nSPS) is 12.3. The van der Waals surface area contributed by atoms with Crippen molar-refractivity contribution < 1.29 is 4.74 Å². The van der Waals surface area contributed by atoms with Crippen molar-refractivity contribution in [2.75, 3.05) is 6.61 Å². The zero-order valence-corrected chi connectivity index (χ0v) is 13.3. The Kier molecular flexibility index (Phi) is 4.59. The average molecular weight is 312 g/mol. The van der Waals surface area contributed by atoms with Crippen LogP contribution in [-0.2, 0) is 0 Å². The van der Waals surface area contributed by atoms with Crippen molar-refractivity contribution >= 4 is 22.5 Å². The Morgan fingerprint density at radius 1 is 1.05 bits per heavy atom. The Labute approximate surface area is 135 Å². The van der Waals surface area contributed by atoms with E-state index in [1.54, 1.807) is 6.20 Å². The fourth-order valence-electron chi connectivity index (χ4n) is 2.57. The summed E-state index contributed by atoms with van der Waals surface area (Å²) in [7, 11) is 0. The van der Waals surface area contributed by atoms with Crippen molar-refractivity contribution in [1.29, 1.82) is 0 Å². The molecule has 2 aromatic carbocycles. The number of pyridine rings is 1. The minimum Gasteiger partial charge on any atom is -0.491 e. The van der Waals surface area contributed by atoms with Crippen LogP contribution in [0.2, 0.25) is 5.02 Å². The van der Waals surface area contributed by atoms with Crippen LogP contribution in [0.15, 0.2) is 60.8 Å². The Morgan fingerprint density at radius 3 is 2.73 bits per heavy atom. The van der Waals surface area contributed by atoms with Crippen molar-refractivity contribution in [3.63, 3.8) is 0 Å². The number of benzene rings is 2. The lowest BCUT2D eigenvalue weighted by molar-refractivity contribution is 0.303. The second-order valence-electron chi connectivity index (χ2n) is 5.39. The number of ether oxygens (including phenoxy) is 1. The molecule has 0 aliphatic carbocycles. The van der Waals surface area contributed by atoms with Gasteiger partial charge in [0.15, 0.2) is 0 Å². The summed E-state index contributed by atoms with van der Waals surface area (Å²) in [5.74, 6) is 1.20. The van der Waals surface area contributed by atoms with Gasteiger partial charge in [-0.25, -0.2) is 0 Å². The van der Waals surface area contributed by atoms with Crippen LogP contribution in [0.5, 0.6) is 5.75 Å². The van der Waals surface area contributed by atoms with Crippen LogP contribution < -0.4 is 4.74 Å². The largest absolute Gasteiger partial charge is 0.491 e. The third kappa shape index (κ3) is 3.23. The minimum absolute atomic E-state index is 0.358.